The fraction of sp³-hybridized carbons (Fsp3) is 0.344. The molecule has 3 aromatic rings. The van der Waals surface area contributed by atoms with E-state index in [1.165, 1.54) is 12.1 Å². The van der Waals surface area contributed by atoms with Crippen molar-refractivity contribution >= 4 is 64.1 Å². The molecule has 0 saturated heterocycles. The molecule has 3 aromatic carbocycles. The minimum absolute atomic E-state index is 0.0463. The largest absolute Gasteiger partial charge is 0.458 e. The van der Waals surface area contributed by atoms with Crippen LogP contribution in [-0.4, -0.2) is 29.6 Å². The number of anilines is 2. The summed E-state index contributed by atoms with van der Waals surface area (Å²) in [5.74, 6) is -1.02. The molecular formula is C32H34Cl3N3O4. The van der Waals surface area contributed by atoms with E-state index in [9.17, 15) is 14.4 Å². The van der Waals surface area contributed by atoms with Crippen molar-refractivity contribution in [2.24, 2.45) is 5.92 Å². The zero-order chi connectivity index (χ0) is 30.4. The first-order chi connectivity index (χ1) is 19.9. The molecule has 1 aliphatic carbocycles. The lowest BCUT2D eigenvalue weighted by atomic mass is 9.83. The lowest BCUT2D eigenvalue weighted by Gasteiger charge is -2.32. The van der Waals surface area contributed by atoms with Crippen LogP contribution in [-0.2, 0) is 9.53 Å². The summed E-state index contributed by atoms with van der Waals surface area (Å²) < 4.78 is 5.69. The lowest BCUT2D eigenvalue weighted by molar-refractivity contribution is -0.159. The predicted molar refractivity (Wildman–Crippen MR) is 170 cm³/mol. The van der Waals surface area contributed by atoms with Crippen molar-refractivity contribution in [1.82, 2.24) is 5.32 Å². The first kappa shape index (κ1) is 31.7. The number of hydrogen-bond donors (Lipinski definition) is 3. The lowest BCUT2D eigenvalue weighted by Crippen LogP contribution is -2.49. The summed E-state index contributed by atoms with van der Waals surface area (Å²) in [5.41, 5.74) is 1.56. The highest BCUT2D eigenvalue weighted by Gasteiger charge is 2.35. The molecule has 3 amide bonds. The molecular weight excluding hydrogens is 597 g/mol. The molecule has 1 atom stereocenters. The Morgan fingerprint density at radius 1 is 0.833 bits per heavy atom. The number of carbonyl (C=O) groups is 3. The molecule has 0 radical (unpaired) electrons. The maximum absolute atomic E-state index is 13.8. The minimum Gasteiger partial charge on any atom is -0.458 e. The van der Waals surface area contributed by atoms with E-state index in [1.54, 1.807) is 39.0 Å². The first-order valence-corrected chi connectivity index (χ1v) is 15.0. The number of ether oxygens (including phenoxy) is 1. The van der Waals surface area contributed by atoms with Gasteiger partial charge < -0.3 is 20.7 Å². The molecule has 0 bridgehead atoms. The molecule has 0 spiro atoms. The van der Waals surface area contributed by atoms with Crippen LogP contribution in [0.25, 0.3) is 11.1 Å². The van der Waals surface area contributed by atoms with Gasteiger partial charge in [-0.25, -0.2) is 9.59 Å². The summed E-state index contributed by atoms with van der Waals surface area (Å²) >= 11 is 18.5. The monoisotopic (exact) mass is 629 g/mol. The molecule has 0 unspecified atom stereocenters. The SMILES string of the molecule is CC(C)(C)OC(=O)[C@@H](NC(=O)c1ccc(-c2ccccc2)cc1NC(=O)Nc1c(Cl)cc(Cl)cc1Cl)C1CCCCC1. The smallest absolute Gasteiger partial charge is 0.329 e. The van der Waals surface area contributed by atoms with E-state index in [0.29, 0.717) is 5.02 Å². The molecule has 7 nitrogen and oxygen atoms in total. The van der Waals surface area contributed by atoms with Gasteiger partial charge in [-0.2, -0.15) is 0 Å². The van der Waals surface area contributed by atoms with E-state index in [4.69, 9.17) is 39.5 Å². The van der Waals surface area contributed by atoms with Crippen molar-refractivity contribution in [3.8, 4) is 11.1 Å². The van der Waals surface area contributed by atoms with Crippen LogP contribution in [0.1, 0.15) is 63.2 Å². The summed E-state index contributed by atoms with van der Waals surface area (Å²) in [7, 11) is 0. The van der Waals surface area contributed by atoms with Gasteiger partial charge in [-0.3, -0.25) is 4.79 Å². The molecule has 0 heterocycles. The highest BCUT2D eigenvalue weighted by atomic mass is 35.5. The summed E-state index contributed by atoms with van der Waals surface area (Å²) in [6, 6.07) is 16.1. The van der Waals surface area contributed by atoms with Gasteiger partial charge in [0.2, 0.25) is 0 Å². The third kappa shape index (κ3) is 8.40. The predicted octanol–water partition coefficient (Wildman–Crippen LogP) is 8.98. The van der Waals surface area contributed by atoms with E-state index in [-0.39, 0.29) is 32.9 Å². The second kappa shape index (κ2) is 13.8. The zero-order valence-corrected chi connectivity index (χ0v) is 26.0. The fourth-order valence-electron chi connectivity index (χ4n) is 5.01. The summed E-state index contributed by atoms with van der Waals surface area (Å²) in [6.45, 7) is 5.40. The Labute approximate surface area is 261 Å². The Kier molecular flexibility index (Phi) is 10.4. The van der Waals surface area contributed by atoms with Gasteiger partial charge in [0.15, 0.2) is 0 Å². The molecule has 1 aliphatic rings. The molecule has 1 fully saturated rings. The molecule has 0 aromatic heterocycles. The fourth-order valence-corrected chi connectivity index (χ4v) is 5.92. The number of halogens is 3. The molecule has 1 saturated carbocycles. The van der Waals surface area contributed by atoms with Gasteiger partial charge in [0.25, 0.3) is 5.91 Å². The molecule has 3 N–H and O–H groups in total. The number of rotatable bonds is 7. The number of nitrogens with one attached hydrogen (secondary N) is 3. The first-order valence-electron chi connectivity index (χ1n) is 13.9. The highest BCUT2D eigenvalue weighted by molar-refractivity contribution is 6.42. The van der Waals surface area contributed by atoms with E-state index >= 15 is 0 Å². The molecule has 0 aliphatic heterocycles. The Balaban J connectivity index is 1.65. The van der Waals surface area contributed by atoms with Crippen molar-refractivity contribution in [1.29, 1.82) is 0 Å². The van der Waals surface area contributed by atoms with Crippen LogP contribution in [0.5, 0.6) is 0 Å². The molecule has 42 heavy (non-hydrogen) atoms. The average Bonchev–Trinajstić information content (AvgIpc) is 2.93. The number of urea groups is 1. The Morgan fingerprint density at radius 2 is 1.48 bits per heavy atom. The van der Waals surface area contributed by atoms with Crippen LogP contribution < -0.4 is 16.0 Å². The van der Waals surface area contributed by atoms with Crippen molar-refractivity contribution in [3.63, 3.8) is 0 Å². The second-order valence-corrected chi connectivity index (χ2v) is 12.6. The van der Waals surface area contributed by atoms with Gasteiger partial charge in [0, 0.05) is 5.02 Å². The quantitative estimate of drug-likeness (QED) is 0.227. The standard InChI is InChI=1S/C32H34Cl3N3O4/c1-32(2,3)42-30(40)27(20-12-8-5-9-13-20)37-29(39)23-15-14-21(19-10-6-4-7-11-19)16-26(23)36-31(41)38-28-24(34)17-22(33)18-25(28)35/h4,6-7,10-11,14-18,20,27H,5,8-9,12-13H2,1-3H3,(H,37,39)(H2,36,38,41)/t27-/m0/s1. The van der Waals surface area contributed by atoms with Crippen LogP contribution in [0, 0.1) is 5.92 Å². The Hall–Kier alpha value is -3.26. The van der Waals surface area contributed by atoms with Crippen LogP contribution in [0.4, 0.5) is 16.2 Å². The van der Waals surface area contributed by atoms with E-state index in [0.717, 1.165) is 43.2 Å². The Bertz CT molecular complexity index is 1430. The molecule has 222 valence electrons. The summed E-state index contributed by atoms with van der Waals surface area (Å²) in [4.78, 5) is 40.2. The zero-order valence-electron chi connectivity index (χ0n) is 23.7. The average molecular weight is 631 g/mol. The van der Waals surface area contributed by atoms with Gasteiger partial charge in [0.05, 0.1) is 27.0 Å². The number of esters is 1. The van der Waals surface area contributed by atoms with E-state index < -0.39 is 29.6 Å². The van der Waals surface area contributed by atoms with Gasteiger partial charge in [0.1, 0.15) is 11.6 Å². The summed E-state index contributed by atoms with van der Waals surface area (Å²) in [5, 5.41) is 8.97. The highest BCUT2D eigenvalue weighted by Crippen LogP contribution is 2.34. The second-order valence-electron chi connectivity index (χ2n) is 11.3. The Morgan fingerprint density at radius 3 is 2.10 bits per heavy atom. The van der Waals surface area contributed by atoms with Gasteiger partial charge in [-0.1, -0.05) is 90.5 Å². The van der Waals surface area contributed by atoms with E-state index in [2.05, 4.69) is 16.0 Å². The molecule has 10 heteroatoms. The topological polar surface area (TPSA) is 96.5 Å². The van der Waals surface area contributed by atoms with Crippen LogP contribution in [0.15, 0.2) is 60.7 Å². The van der Waals surface area contributed by atoms with Gasteiger partial charge in [-0.15, -0.1) is 0 Å². The molecule has 4 rings (SSSR count). The van der Waals surface area contributed by atoms with Crippen molar-refractivity contribution < 1.29 is 19.1 Å². The van der Waals surface area contributed by atoms with Crippen LogP contribution in [0.2, 0.25) is 15.1 Å². The van der Waals surface area contributed by atoms with E-state index in [1.807, 2.05) is 30.3 Å². The third-order valence-electron chi connectivity index (χ3n) is 6.93. The third-order valence-corrected chi connectivity index (χ3v) is 7.75. The maximum atomic E-state index is 13.8. The minimum atomic E-state index is -0.820. The van der Waals surface area contributed by atoms with Crippen LogP contribution >= 0.6 is 34.8 Å². The summed E-state index contributed by atoms with van der Waals surface area (Å²) in [6.07, 6.45) is 4.68. The maximum Gasteiger partial charge on any atom is 0.329 e. The van der Waals surface area contributed by atoms with Crippen molar-refractivity contribution in [3.05, 3.63) is 81.3 Å². The van der Waals surface area contributed by atoms with Gasteiger partial charge >= 0.3 is 12.0 Å². The number of amides is 3. The number of hydrogen-bond acceptors (Lipinski definition) is 4. The van der Waals surface area contributed by atoms with Crippen molar-refractivity contribution in [2.45, 2.75) is 64.5 Å². The normalized spacial score (nSPS) is 14.5. The number of carbonyl (C=O) groups excluding carboxylic acids is 3. The van der Waals surface area contributed by atoms with Gasteiger partial charge in [-0.05, 0) is 74.9 Å². The van der Waals surface area contributed by atoms with Crippen LogP contribution in [0.3, 0.4) is 0 Å². The number of benzene rings is 3. The van der Waals surface area contributed by atoms with Crippen molar-refractivity contribution in [2.75, 3.05) is 10.6 Å².